The molecule has 0 bridgehead atoms. The maximum absolute atomic E-state index is 12.8. The summed E-state index contributed by atoms with van der Waals surface area (Å²) >= 11 is 0. The standard InChI is InChI=1S/C25H23F3N4O/c1-3-16(4-2)24(33)30-21-7-5-6-18(12-21)19-14-29-23-13-22(31-32(23)15-19)17-8-10-20(11-9-17)25(26,27)28/h5-16H,3-4H2,1-2H3,(H,30,33). The van der Waals surface area contributed by atoms with E-state index in [1.54, 1.807) is 23.0 Å². The van der Waals surface area contributed by atoms with Crippen LogP contribution in [0.4, 0.5) is 18.9 Å². The number of hydrogen-bond acceptors (Lipinski definition) is 3. The van der Waals surface area contributed by atoms with Crippen LogP contribution in [0.1, 0.15) is 32.3 Å². The molecule has 0 spiro atoms. The number of benzene rings is 2. The summed E-state index contributed by atoms with van der Waals surface area (Å²) in [4.78, 5) is 16.8. The van der Waals surface area contributed by atoms with Gasteiger partial charge in [-0.05, 0) is 42.7 Å². The lowest BCUT2D eigenvalue weighted by Crippen LogP contribution is -2.21. The Morgan fingerprint density at radius 2 is 1.73 bits per heavy atom. The quantitative estimate of drug-likeness (QED) is 0.365. The second-order valence-electron chi connectivity index (χ2n) is 7.83. The van der Waals surface area contributed by atoms with Gasteiger partial charge in [0.1, 0.15) is 0 Å². The molecule has 1 N–H and O–H groups in total. The highest BCUT2D eigenvalue weighted by Gasteiger charge is 2.30. The Kier molecular flexibility index (Phi) is 6.18. The molecule has 0 atom stereocenters. The minimum Gasteiger partial charge on any atom is -0.326 e. The fourth-order valence-corrected chi connectivity index (χ4v) is 3.68. The van der Waals surface area contributed by atoms with E-state index in [-0.39, 0.29) is 11.8 Å². The van der Waals surface area contributed by atoms with E-state index in [0.717, 1.165) is 36.1 Å². The van der Waals surface area contributed by atoms with E-state index >= 15 is 0 Å². The van der Waals surface area contributed by atoms with Gasteiger partial charge in [-0.2, -0.15) is 18.3 Å². The van der Waals surface area contributed by atoms with E-state index in [2.05, 4.69) is 15.4 Å². The average molecular weight is 452 g/mol. The second kappa shape index (κ2) is 9.05. The SMILES string of the molecule is CCC(CC)C(=O)Nc1cccc(-c2cnc3cc(-c4ccc(C(F)(F)F)cc4)nn3c2)c1. The van der Waals surface area contributed by atoms with Crippen molar-refractivity contribution in [1.82, 2.24) is 14.6 Å². The van der Waals surface area contributed by atoms with Crippen molar-refractivity contribution in [2.24, 2.45) is 5.92 Å². The lowest BCUT2D eigenvalue weighted by Gasteiger charge is -2.13. The number of amides is 1. The summed E-state index contributed by atoms with van der Waals surface area (Å²) < 4.78 is 40.0. The molecule has 5 nitrogen and oxygen atoms in total. The largest absolute Gasteiger partial charge is 0.416 e. The summed E-state index contributed by atoms with van der Waals surface area (Å²) in [5, 5.41) is 7.45. The Labute approximate surface area is 189 Å². The summed E-state index contributed by atoms with van der Waals surface area (Å²) in [6.07, 6.45) is 0.690. The smallest absolute Gasteiger partial charge is 0.326 e. The molecule has 0 aliphatic carbocycles. The van der Waals surface area contributed by atoms with Crippen molar-refractivity contribution in [2.75, 3.05) is 5.32 Å². The first-order valence-corrected chi connectivity index (χ1v) is 10.7. The Hall–Kier alpha value is -3.68. The van der Waals surface area contributed by atoms with Gasteiger partial charge in [-0.25, -0.2) is 9.50 Å². The normalized spacial score (nSPS) is 11.8. The fraction of sp³-hybridized carbons (Fsp3) is 0.240. The molecule has 0 aliphatic heterocycles. The third kappa shape index (κ3) is 4.89. The molecule has 0 saturated carbocycles. The van der Waals surface area contributed by atoms with Crippen LogP contribution in [0.15, 0.2) is 67.0 Å². The molecular weight excluding hydrogens is 429 g/mol. The molecule has 4 aromatic rings. The minimum absolute atomic E-state index is 0.000938. The predicted molar refractivity (Wildman–Crippen MR) is 122 cm³/mol. The first-order valence-electron chi connectivity index (χ1n) is 10.7. The third-order valence-corrected chi connectivity index (χ3v) is 5.64. The number of alkyl halides is 3. The van der Waals surface area contributed by atoms with Crippen LogP contribution in [0, 0.1) is 5.92 Å². The summed E-state index contributed by atoms with van der Waals surface area (Å²) in [7, 11) is 0. The third-order valence-electron chi connectivity index (χ3n) is 5.64. The molecule has 0 radical (unpaired) electrons. The van der Waals surface area contributed by atoms with E-state index in [9.17, 15) is 18.0 Å². The monoisotopic (exact) mass is 452 g/mol. The zero-order chi connectivity index (χ0) is 23.6. The van der Waals surface area contributed by atoms with Crippen LogP contribution < -0.4 is 5.32 Å². The maximum atomic E-state index is 12.8. The molecule has 0 unspecified atom stereocenters. The molecule has 2 heterocycles. The summed E-state index contributed by atoms with van der Waals surface area (Å²) in [5.41, 5.74) is 3.33. The van der Waals surface area contributed by atoms with Crippen molar-refractivity contribution in [1.29, 1.82) is 0 Å². The molecular formula is C25H23F3N4O. The Morgan fingerprint density at radius 1 is 1.00 bits per heavy atom. The number of fused-ring (bicyclic) bond motifs is 1. The van der Waals surface area contributed by atoms with Crippen LogP contribution in [-0.2, 0) is 11.0 Å². The van der Waals surface area contributed by atoms with E-state index < -0.39 is 11.7 Å². The number of carbonyl (C=O) groups is 1. The van der Waals surface area contributed by atoms with Gasteiger partial charge < -0.3 is 5.32 Å². The van der Waals surface area contributed by atoms with Gasteiger partial charge in [0.2, 0.25) is 5.91 Å². The zero-order valence-electron chi connectivity index (χ0n) is 18.2. The number of nitrogens with zero attached hydrogens (tertiary/aromatic N) is 3. The van der Waals surface area contributed by atoms with Crippen molar-refractivity contribution < 1.29 is 18.0 Å². The lowest BCUT2D eigenvalue weighted by atomic mass is 10.0. The molecule has 2 aromatic carbocycles. The summed E-state index contributed by atoms with van der Waals surface area (Å²) in [6.45, 7) is 3.99. The van der Waals surface area contributed by atoms with Gasteiger partial charge in [-0.15, -0.1) is 0 Å². The highest BCUT2D eigenvalue weighted by Crippen LogP contribution is 2.31. The van der Waals surface area contributed by atoms with Crippen molar-refractivity contribution >= 4 is 17.2 Å². The zero-order valence-corrected chi connectivity index (χ0v) is 18.2. The van der Waals surface area contributed by atoms with Gasteiger partial charge in [-0.3, -0.25) is 4.79 Å². The Bertz CT molecular complexity index is 1280. The van der Waals surface area contributed by atoms with Crippen LogP contribution in [0.3, 0.4) is 0 Å². The van der Waals surface area contributed by atoms with Crippen LogP contribution in [0.25, 0.3) is 28.0 Å². The number of nitrogens with one attached hydrogen (secondary N) is 1. The second-order valence-corrected chi connectivity index (χ2v) is 7.83. The van der Waals surface area contributed by atoms with Gasteiger partial charge in [-0.1, -0.05) is 38.1 Å². The molecule has 33 heavy (non-hydrogen) atoms. The van der Waals surface area contributed by atoms with E-state index in [1.807, 2.05) is 38.1 Å². The molecule has 1 amide bonds. The molecule has 8 heteroatoms. The molecule has 0 aliphatic rings. The number of aromatic nitrogens is 3. The van der Waals surface area contributed by atoms with Gasteiger partial charge in [0.05, 0.1) is 11.3 Å². The van der Waals surface area contributed by atoms with E-state index in [0.29, 0.717) is 22.6 Å². The van der Waals surface area contributed by atoms with Gasteiger partial charge in [0.25, 0.3) is 0 Å². The van der Waals surface area contributed by atoms with Crippen LogP contribution >= 0.6 is 0 Å². The van der Waals surface area contributed by atoms with Gasteiger partial charge in [0, 0.05) is 41.2 Å². The molecule has 2 aromatic heterocycles. The topological polar surface area (TPSA) is 59.3 Å². The Morgan fingerprint density at radius 3 is 2.39 bits per heavy atom. The molecule has 170 valence electrons. The summed E-state index contributed by atoms with van der Waals surface area (Å²) in [6, 6.07) is 14.1. The maximum Gasteiger partial charge on any atom is 0.416 e. The number of halogens is 3. The average Bonchev–Trinajstić information content (AvgIpc) is 3.23. The lowest BCUT2D eigenvalue weighted by molar-refractivity contribution is -0.137. The predicted octanol–water partition coefficient (Wildman–Crippen LogP) is 6.46. The number of hydrogen-bond donors (Lipinski definition) is 1. The van der Waals surface area contributed by atoms with Crippen molar-refractivity contribution in [3.63, 3.8) is 0 Å². The number of carbonyl (C=O) groups excluding carboxylic acids is 1. The van der Waals surface area contributed by atoms with Crippen molar-refractivity contribution in [3.05, 3.63) is 72.6 Å². The first kappa shape index (κ1) is 22.5. The Balaban J connectivity index is 1.60. The van der Waals surface area contributed by atoms with Crippen LogP contribution in [0.2, 0.25) is 0 Å². The highest BCUT2D eigenvalue weighted by molar-refractivity contribution is 5.93. The van der Waals surface area contributed by atoms with Gasteiger partial charge in [0.15, 0.2) is 5.65 Å². The molecule has 0 fully saturated rings. The molecule has 4 rings (SSSR count). The number of rotatable bonds is 6. The first-order chi connectivity index (χ1) is 15.8. The van der Waals surface area contributed by atoms with Gasteiger partial charge >= 0.3 is 6.18 Å². The minimum atomic E-state index is -4.38. The van der Waals surface area contributed by atoms with Crippen LogP contribution in [-0.4, -0.2) is 20.5 Å². The highest BCUT2D eigenvalue weighted by atomic mass is 19.4. The van der Waals surface area contributed by atoms with Crippen LogP contribution in [0.5, 0.6) is 0 Å². The van der Waals surface area contributed by atoms with Crippen molar-refractivity contribution in [3.8, 4) is 22.4 Å². The fourth-order valence-electron chi connectivity index (χ4n) is 3.68. The van der Waals surface area contributed by atoms with E-state index in [4.69, 9.17) is 0 Å². The molecule has 0 saturated heterocycles. The summed E-state index contributed by atoms with van der Waals surface area (Å²) in [5.74, 6) is -0.0293. The number of anilines is 1. The van der Waals surface area contributed by atoms with E-state index in [1.165, 1.54) is 12.1 Å². The van der Waals surface area contributed by atoms with Crippen molar-refractivity contribution in [2.45, 2.75) is 32.9 Å².